The highest BCUT2D eigenvalue weighted by Crippen LogP contribution is 2.14. The summed E-state index contributed by atoms with van der Waals surface area (Å²) in [4.78, 5) is 31.5. The van der Waals surface area contributed by atoms with Crippen molar-refractivity contribution in [2.24, 2.45) is 7.05 Å². The zero-order valence-electron chi connectivity index (χ0n) is 15.1. The van der Waals surface area contributed by atoms with Crippen molar-refractivity contribution in [3.05, 3.63) is 62.3 Å². The summed E-state index contributed by atoms with van der Waals surface area (Å²) in [6, 6.07) is 7.46. The Labute approximate surface area is 150 Å². The molecule has 0 unspecified atom stereocenters. The third-order valence-corrected chi connectivity index (χ3v) is 5.25. The van der Waals surface area contributed by atoms with Crippen LogP contribution in [0.4, 0.5) is 0 Å². The zero-order valence-corrected chi connectivity index (χ0v) is 15.1. The van der Waals surface area contributed by atoms with Gasteiger partial charge in [0, 0.05) is 45.2 Å². The van der Waals surface area contributed by atoms with Gasteiger partial charge in [0.25, 0.3) is 5.56 Å². The van der Waals surface area contributed by atoms with Gasteiger partial charge in [-0.15, -0.1) is 0 Å². The highest BCUT2D eigenvalue weighted by molar-refractivity contribution is 5.72. The van der Waals surface area contributed by atoms with Gasteiger partial charge in [-0.3, -0.25) is 13.9 Å². The molecular weight excluding hydrogens is 332 g/mol. The van der Waals surface area contributed by atoms with Crippen LogP contribution in [-0.2, 0) is 26.4 Å². The maximum atomic E-state index is 12.5. The standard InChI is InChI=1S/C19H22N4O3/c1-13-20-15-8-10-22(9-7-14(15)18(24)21(13)2)11-12-23-16-5-3-4-6-17(16)26-19(23)25/h3-6H,7-12H2,1-2H3. The van der Waals surface area contributed by atoms with Gasteiger partial charge in [-0.25, -0.2) is 9.78 Å². The highest BCUT2D eigenvalue weighted by Gasteiger charge is 2.19. The molecule has 3 aromatic rings. The van der Waals surface area contributed by atoms with E-state index < -0.39 is 0 Å². The summed E-state index contributed by atoms with van der Waals surface area (Å²) in [5.41, 5.74) is 3.24. The molecule has 1 aliphatic heterocycles. The Kier molecular flexibility index (Phi) is 4.24. The van der Waals surface area contributed by atoms with Crippen molar-refractivity contribution in [3.8, 4) is 0 Å². The molecule has 3 heterocycles. The second kappa shape index (κ2) is 6.57. The van der Waals surface area contributed by atoms with E-state index in [1.807, 2.05) is 25.1 Å². The predicted molar refractivity (Wildman–Crippen MR) is 98.5 cm³/mol. The van der Waals surface area contributed by atoms with E-state index in [2.05, 4.69) is 9.88 Å². The Morgan fingerprint density at radius 3 is 2.73 bits per heavy atom. The lowest BCUT2D eigenvalue weighted by atomic mass is 10.1. The maximum absolute atomic E-state index is 12.5. The van der Waals surface area contributed by atoms with E-state index in [1.54, 1.807) is 22.2 Å². The number of hydrogen-bond donors (Lipinski definition) is 0. The first-order chi connectivity index (χ1) is 12.5. The van der Waals surface area contributed by atoms with Crippen LogP contribution in [0.5, 0.6) is 0 Å². The second-order valence-electron chi connectivity index (χ2n) is 6.78. The van der Waals surface area contributed by atoms with Gasteiger partial charge in [0.05, 0.1) is 11.2 Å². The first-order valence-corrected chi connectivity index (χ1v) is 8.90. The van der Waals surface area contributed by atoms with E-state index in [0.717, 1.165) is 48.7 Å². The number of oxazole rings is 1. The molecule has 0 spiro atoms. The third kappa shape index (κ3) is 2.88. The van der Waals surface area contributed by atoms with Gasteiger partial charge in [0.2, 0.25) is 0 Å². The molecule has 26 heavy (non-hydrogen) atoms. The third-order valence-electron chi connectivity index (χ3n) is 5.25. The fourth-order valence-corrected chi connectivity index (χ4v) is 3.61. The molecule has 4 rings (SSSR count). The maximum Gasteiger partial charge on any atom is 0.419 e. The van der Waals surface area contributed by atoms with Crippen molar-refractivity contribution in [3.63, 3.8) is 0 Å². The molecule has 2 aromatic heterocycles. The average Bonchev–Trinajstić information content (AvgIpc) is 2.81. The van der Waals surface area contributed by atoms with Crippen LogP contribution in [0.3, 0.4) is 0 Å². The highest BCUT2D eigenvalue weighted by atomic mass is 16.4. The quantitative estimate of drug-likeness (QED) is 0.704. The molecular formula is C19H22N4O3. The molecule has 0 saturated heterocycles. The van der Waals surface area contributed by atoms with Crippen molar-refractivity contribution >= 4 is 11.1 Å². The number of aromatic nitrogens is 3. The van der Waals surface area contributed by atoms with Crippen LogP contribution in [0.15, 0.2) is 38.3 Å². The van der Waals surface area contributed by atoms with Crippen LogP contribution >= 0.6 is 0 Å². The normalized spacial score (nSPS) is 15.2. The van der Waals surface area contributed by atoms with Crippen LogP contribution in [0.2, 0.25) is 0 Å². The van der Waals surface area contributed by atoms with Crippen molar-refractivity contribution in [2.45, 2.75) is 26.3 Å². The van der Waals surface area contributed by atoms with Crippen molar-refractivity contribution in [2.75, 3.05) is 19.6 Å². The van der Waals surface area contributed by atoms with Crippen LogP contribution in [0, 0.1) is 6.92 Å². The molecule has 7 nitrogen and oxygen atoms in total. The number of hydrogen-bond acceptors (Lipinski definition) is 5. The molecule has 0 bridgehead atoms. The topological polar surface area (TPSA) is 73.3 Å². The lowest BCUT2D eigenvalue weighted by Crippen LogP contribution is -2.32. The molecule has 0 amide bonds. The van der Waals surface area contributed by atoms with Crippen LogP contribution in [0.1, 0.15) is 17.1 Å². The lowest BCUT2D eigenvalue weighted by Gasteiger charge is -2.19. The van der Waals surface area contributed by atoms with Gasteiger partial charge in [-0.05, 0) is 25.5 Å². The van der Waals surface area contributed by atoms with Crippen molar-refractivity contribution in [1.29, 1.82) is 0 Å². The lowest BCUT2D eigenvalue weighted by molar-refractivity contribution is 0.272. The summed E-state index contributed by atoms with van der Waals surface area (Å²) in [6.07, 6.45) is 1.45. The van der Waals surface area contributed by atoms with E-state index in [4.69, 9.17) is 4.42 Å². The van der Waals surface area contributed by atoms with Gasteiger partial charge >= 0.3 is 5.76 Å². The number of para-hydroxylation sites is 2. The van der Waals surface area contributed by atoms with E-state index >= 15 is 0 Å². The Morgan fingerprint density at radius 1 is 1.12 bits per heavy atom. The van der Waals surface area contributed by atoms with Gasteiger partial charge in [-0.2, -0.15) is 0 Å². The fraction of sp³-hybridized carbons (Fsp3) is 0.421. The zero-order chi connectivity index (χ0) is 18.3. The molecule has 1 aliphatic rings. The molecule has 136 valence electrons. The molecule has 0 aliphatic carbocycles. The SMILES string of the molecule is Cc1nc2c(c(=O)n1C)CCN(CCn1c(=O)oc3ccccc31)CC2. The van der Waals surface area contributed by atoms with Gasteiger partial charge in [0.15, 0.2) is 5.58 Å². The molecule has 0 radical (unpaired) electrons. The Morgan fingerprint density at radius 2 is 1.88 bits per heavy atom. The van der Waals surface area contributed by atoms with Gasteiger partial charge in [-0.1, -0.05) is 12.1 Å². The number of rotatable bonds is 3. The first-order valence-electron chi connectivity index (χ1n) is 8.90. The van der Waals surface area contributed by atoms with E-state index in [9.17, 15) is 9.59 Å². The molecule has 7 heteroatoms. The summed E-state index contributed by atoms with van der Waals surface area (Å²) in [6.45, 7) is 4.78. The summed E-state index contributed by atoms with van der Waals surface area (Å²) in [5.74, 6) is 0.425. The number of aryl methyl sites for hydroxylation is 1. The van der Waals surface area contributed by atoms with Crippen LogP contribution < -0.4 is 11.3 Å². The molecule has 0 fully saturated rings. The predicted octanol–water partition coefficient (Wildman–Crippen LogP) is 1.10. The Hall–Kier alpha value is -2.67. The Bertz CT molecular complexity index is 1080. The fourth-order valence-electron chi connectivity index (χ4n) is 3.61. The number of nitrogens with zero attached hydrogens (tertiary/aromatic N) is 4. The average molecular weight is 354 g/mol. The second-order valence-corrected chi connectivity index (χ2v) is 6.78. The summed E-state index contributed by atoms with van der Waals surface area (Å²) < 4.78 is 8.58. The van der Waals surface area contributed by atoms with E-state index in [0.29, 0.717) is 18.5 Å². The number of benzene rings is 1. The van der Waals surface area contributed by atoms with Gasteiger partial charge in [0.1, 0.15) is 5.82 Å². The first kappa shape index (κ1) is 16.8. The summed E-state index contributed by atoms with van der Waals surface area (Å²) in [5, 5.41) is 0. The molecule has 0 saturated carbocycles. The minimum atomic E-state index is -0.324. The van der Waals surface area contributed by atoms with Gasteiger partial charge < -0.3 is 9.32 Å². The number of fused-ring (bicyclic) bond motifs is 2. The largest absolute Gasteiger partial charge is 0.419 e. The monoisotopic (exact) mass is 354 g/mol. The summed E-state index contributed by atoms with van der Waals surface area (Å²) in [7, 11) is 1.77. The Balaban J connectivity index is 1.51. The minimum Gasteiger partial charge on any atom is -0.408 e. The van der Waals surface area contributed by atoms with E-state index in [1.165, 1.54) is 0 Å². The van der Waals surface area contributed by atoms with E-state index in [-0.39, 0.29) is 11.3 Å². The van der Waals surface area contributed by atoms with Crippen LogP contribution in [-0.4, -0.2) is 38.7 Å². The van der Waals surface area contributed by atoms with Crippen molar-refractivity contribution < 1.29 is 4.42 Å². The smallest absolute Gasteiger partial charge is 0.408 e. The summed E-state index contributed by atoms with van der Waals surface area (Å²) >= 11 is 0. The minimum absolute atomic E-state index is 0.0615. The van der Waals surface area contributed by atoms with Crippen molar-refractivity contribution in [1.82, 2.24) is 19.0 Å². The van der Waals surface area contributed by atoms with Crippen LogP contribution in [0.25, 0.3) is 11.1 Å². The molecule has 1 aromatic carbocycles. The molecule has 0 N–H and O–H groups in total. The molecule has 0 atom stereocenters.